The number of hydrogen-bond donors (Lipinski definition) is 1. The van der Waals surface area contributed by atoms with Gasteiger partial charge in [0.1, 0.15) is 0 Å². The van der Waals surface area contributed by atoms with E-state index in [4.69, 9.17) is 10.5 Å². The van der Waals surface area contributed by atoms with E-state index in [1.54, 1.807) is 7.11 Å². The van der Waals surface area contributed by atoms with Crippen LogP contribution in [0.25, 0.3) is 0 Å². The van der Waals surface area contributed by atoms with Crippen LogP contribution in [0.1, 0.15) is 44.6 Å². The molecule has 0 spiro atoms. The highest BCUT2D eigenvalue weighted by molar-refractivity contribution is 5.09. The SMILES string of the molecule is CCn1cc(CC(N)C2(OC)CCCCC2)cn1. The summed E-state index contributed by atoms with van der Waals surface area (Å²) in [5, 5.41) is 4.30. The van der Waals surface area contributed by atoms with Gasteiger partial charge in [-0.05, 0) is 31.7 Å². The smallest absolute Gasteiger partial charge is 0.0832 e. The molecule has 18 heavy (non-hydrogen) atoms. The molecule has 0 bridgehead atoms. The average Bonchev–Trinajstić information content (AvgIpc) is 2.87. The molecule has 1 aliphatic carbocycles. The van der Waals surface area contributed by atoms with Crippen LogP contribution in [0.4, 0.5) is 0 Å². The first-order chi connectivity index (χ1) is 8.70. The van der Waals surface area contributed by atoms with E-state index in [0.717, 1.165) is 25.8 Å². The summed E-state index contributed by atoms with van der Waals surface area (Å²) in [5.74, 6) is 0. The molecule has 4 heteroatoms. The number of nitrogens with zero attached hydrogens (tertiary/aromatic N) is 2. The molecule has 4 nitrogen and oxygen atoms in total. The minimum Gasteiger partial charge on any atom is -0.377 e. The van der Waals surface area contributed by atoms with Crippen LogP contribution in [0.3, 0.4) is 0 Å². The lowest BCUT2D eigenvalue weighted by Gasteiger charge is -2.40. The summed E-state index contributed by atoms with van der Waals surface area (Å²) < 4.78 is 7.74. The van der Waals surface area contributed by atoms with Crippen molar-refractivity contribution in [2.45, 2.75) is 63.6 Å². The zero-order chi connectivity index (χ0) is 13.0. The molecule has 102 valence electrons. The number of nitrogens with two attached hydrogens (primary N) is 1. The van der Waals surface area contributed by atoms with Crippen molar-refractivity contribution in [1.82, 2.24) is 9.78 Å². The lowest BCUT2D eigenvalue weighted by atomic mass is 9.78. The maximum absolute atomic E-state index is 6.41. The van der Waals surface area contributed by atoms with Crippen molar-refractivity contribution in [1.29, 1.82) is 0 Å². The van der Waals surface area contributed by atoms with Gasteiger partial charge in [-0.1, -0.05) is 19.3 Å². The van der Waals surface area contributed by atoms with Crippen LogP contribution in [0.5, 0.6) is 0 Å². The van der Waals surface area contributed by atoms with Gasteiger partial charge in [-0.15, -0.1) is 0 Å². The van der Waals surface area contributed by atoms with E-state index in [1.165, 1.54) is 24.8 Å². The van der Waals surface area contributed by atoms with Gasteiger partial charge in [-0.25, -0.2) is 0 Å². The summed E-state index contributed by atoms with van der Waals surface area (Å²) in [6.07, 6.45) is 10.8. The summed E-state index contributed by atoms with van der Waals surface area (Å²) in [7, 11) is 1.81. The number of aromatic nitrogens is 2. The summed E-state index contributed by atoms with van der Waals surface area (Å²) in [5.41, 5.74) is 7.51. The first kappa shape index (κ1) is 13.6. The molecular formula is C14H25N3O. The second-order valence-electron chi connectivity index (χ2n) is 5.34. The third-order valence-corrected chi connectivity index (χ3v) is 4.25. The van der Waals surface area contributed by atoms with Gasteiger partial charge in [-0.2, -0.15) is 5.10 Å². The monoisotopic (exact) mass is 251 g/mol. The van der Waals surface area contributed by atoms with Gasteiger partial charge in [-0.3, -0.25) is 4.68 Å². The molecule has 0 radical (unpaired) electrons. The zero-order valence-electron chi connectivity index (χ0n) is 11.6. The maximum atomic E-state index is 6.41. The van der Waals surface area contributed by atoms with E-state index in [0.29, 0.717) is 0 Å². The molecule has 2 N–H and O–H groups in total. The Morgan fingerprint density at radius 1 is 1.44 bits per heavy atom. The van der Waals surface area contributed by atoms with Crippen LogP contribution in [0.2, 0.25) is 0 Å². The standard InChI is InChI=1S/C14H25N3O/c1-3-17-11-12(10-16-17)9-13(15)14(18-2)7-5-4-6-8-14/h10-11,13H,3-9,15H2,1-2H3. The Morgan fingerprint density at radius 2 is 2.17 bits per heavy atom. The maximum Gasteiger partial charge on any atom is 0.0832 e. The van der Waals surface area contributed by atoms with Crippen LogP contribution >= 0.6 is 0 Å². The van der Waals surface area contributed by atoms with Crippen LogP contribution in [-0.4, -0.2) is 28.5 Å². The first-order valence-corrected chi connectivity index (χ1v) is 7.02. The van der Waals surface area contributed by atoms with Gasteiger partial charge >= 0.3 is 0 Å². The second-order valence-corrected chi connectivity index (χ2v) is 5.34. The molecule has 1 heterocycles. The average molecular weight is 251 g/mol. The fourth-order valence-corrected chi connectivity index (χ4v) is 3.00. The number of ether oxygens (including phenoxy) is 1. The highest BCUT2D eigenvalue weighted by atomic mass is 16.5. The van der Waals surface area contributed by atoms with Gasteiger partial charge in [0.15, 0.2) is 0 Å². The molecule has 1 aliphatic rings. The minimum atomic E-state index is -0.118. The molecule has 1 aromatic rings. The van der Waals surface area contributed by atoms with Crippen LogP contribution in [-0.2, 0) is 17.7 Å². The molecule has 0 aromatic carbocycles. The Balaban J connectivity index is 2.02. The fraction of sp³-hybridized carbons (Fsp3) is 0.786. The fourth-order valence-electron chi connectivity index (χ4n) is 3.00. The first-order valence-electron chi connectivity index (χ1n) is 7.02. The summed E-state index contributed by atoms with van der Waals surface area (Å²) >= 11 is 0. The third-order valence-electron chi connectivity index (χ3n) is 4.25. The van der Waals surface area contributed by atoms with Crippen LogP contribution in [0.15, 0.2) is 12.4 Å². The number of methoxy groups -OCH3 is 1. The van der Waals surface area contributed by atoms with E-state index >= 15 is 0 Å². The molecule has 1 saturated carbocycles. The predicted molar refractivity (Wildman–Crippen MR) is 72.4 cm³/mol. The van der Waals surface area contributed by atoms with E-state index in [9.17, 15) is 0 Å². The van der Waals surface area contributed by atoms with E-state index in [2.05, 4.69) is 18.2 Å². The largest absolute Gasteiger partial charge is 0.377 e. The highest BCUT2D eigenvalue weighted by Gasteiger charge is 2.38. The topological polar surface area (TPSA) is 53.1 Å². The van der Waals surface area contributed by atoms with Crippen molar-refractivity contribution >= 4 is 0 Å². The second kappa shape index (κ2) is 5.85. The van der Waals surface area contributed by atoms with Crippen LogP contribution in [0, 0.1) is 0 Å². The van der Waals surface area contributed by atoms with Crippen molar-refractivity contribution < 1.29 is 4.74 Å². The molecule has 1 fully saturated rings. The summed E-state index contributed by atoms with van der Waals surface area (Å²) in [6, 6.07) is 0.0670. The molecule has 1 atom stereocenters. The highest BCUT2D eigenvalue weighted by Crippen LogP contribution is 2.34. The molecule has 1 unspecified atom stereocenters. The summed E-state index contributed by atoms with van der Waals surface area (Å²) in [6.45, 7) is 3.00. The Morgan fingerprint density at radius 3 is 2.72 bits per heavy atom. The normalized spacial score (nSPS) is 20.8. The quantitative estimate of drug-likeness (QED) is 0.872. The lowest BCUT2D eigenvalue weighted by Crippen LogP contribution is -2.51. The van der Waals surface area contributed by atoms with Gasteiger partial charge in [0, 0.05) is 25.9 Å². The molecule has 1 aromatic heterocycles. The molecule has 2 rings (SSSR count). The van der Waals surface area contributed by atoms with E-state index in [-0.39, 0.29) is 11.6 Å². The molecule has 0 amide bonds. The number of hydrogen-bond acceptors (Lipinski definition) is 3. The third kappa shape index (κ3) is 2.75. The van der Waals surface area contributed by atoms with Gasteiger partial charge in [0.05, 0.1) is 11.8 Å². The Bertz CT molecular complexity index is 369. The Kier molecular flexibility index (Phi) is 4.40. The lowest BCUT2D eigenvalue weighted by molar-refractivity contribution is -0.0582. The van der Waals surface area contributed by atoms with Crippen molar-refractivity contribution in [2.24, 2.45) is 5.73 Å². The summed E-state index contributed by atoms with van der Waals surface area (Å²) in [4.78, 5) is 0. The Hall–Kier alpha value is -0.870. The molecule has 0 saturated heterocycles. The minimum absolute atomic E-state index is 0.0670. The van der Waals surface area contributed by atoms with Gasteiger partial charge in [0.2, 0.25) is 0 Å². The van der Waals surface area contributed by atoms with Gasteiger partial charge in [0.25, 0.3) is 0 Å². The van der Waals surface area contributed by atoms with Gasteiger partial charge < -0.3 is 10.5 Å². The van der Waals surface area contributed by atoms with Crippen molar-refractivity contribution in [2.75, 3.05) is 7.11 Å². The number of rotatable bonds is 5. The van der Waals surface area contributed by atoms with Crippen molar-refractivity contribution in [3.05, 3.63) is 18.0 Å². The predicted octanol–water partition coefficient (Wildman–Crippen LogP) is 2.12. The van der Waals surface area contributed by atoms with E-state index < -0.39 is 0 Å². The van der Waals surface area contributed by atoms with Crippen molar-refractivity contribution in [3.63, 3.8) is 0 Å². The van der Waals surface area contributed by atoms with Crippen LogP contribution < -0.4 is 5.73 Å². The number of aryl methyl sites for hydroxylation is 1. The van der Waals surface area contributed by atoms with E-state index in [1.807, 2.05) is 10.9 Å². The Labute approximate surface area is 110 Å². The zero-order valence-corrected chi connectivity index (χ0v) is 11.6. The molecule has 0 aliphatic heterocycles. The van der Waals surface area contributed by atoms with Crippen molar-refractivity contribution in [3.8, 4) is 0 Å². The molecular weight excluding hydrogens is 226 g/mol.